The van der Waals surface area contributed by atoms with Crippen molar-refractivity contribution in [2.75, 3.05) is 18.0 Å². The largest absolute Gasteiger partial charge is 0.374 e. The van der Waals surface area contributed by atoms with Gasteiger partial charge in [-0.05, 0) is 32.2 Å². The number of nitrogens with zero attached hydrogens (tertiary/aromatic N) is 2. The standard InChI is InChI=1S/C9H16N4S2/c10-8-12-13-9(15-8)14-6-2-4-7-3-1-5-11-7/h7,11H,1-6H2,(H2,10,12). The van der Waals surface area contributed by atoms with Crippen LogP contribution < -0.4 is 11.1 Å². The molecule has 2 rings (SSSR count). The van der Waals surface area contributed by atoms with Crippen LogP contribution in [-0.2, 0) is 0 Å². The Balaban J connectivity index is 1.58. The minimum atomic E-state index is 0.565. The van der Waals surface area contributed by atoms with Crippen LogP contribution in [0.4, 0.5) is 5.13 Å². The lowest BCUT2D eigenvalue weighted by molar-refractivity contribution is 0.553. The molecule has 6 heteroatoms. The number of rotatable bonds is 5. The van der Waals surface area contributed by atoms with Crippen LogP contribution in [0, 0.1) is 0 Å². The van der Waals surface area contributed by atoms with Crippen LogP contribution in [0.15, 0.2) is 4.34 Å². The first-order chi connectivity index (χ1) is 7.34. The van der Waals surface area contributed by atoms with E-state index >= 15 is 0 Å². The van der Waals surface area contributed by atoms with Gasteiger partial charge in [0, 0.05) is 11.8 Å². The summed E-state index contributed by atoms with van der Waals surface area (Å²) in [5, 5.41) is 11.8. The van der Waals surface area contributed by atoms with Crippen molar-refractivity contribution in [3.05, 3.63) is 0 Å². The second kappa shape index (κ2) is 5.67. The van der Waals surface area contributed by atoms with E-state index in [-0.39, 0.29) is 0 Å². The van der Waals surface area contributed by atoms with E-state index in [1.807, 2.05) is 0 Å². The molecular formula is C9H16N4S2. The zero-order valence-corrected chi connectivity index (χ0v) is 10.2. The van der Waals surface area contributed by atoms with Crippen LogP contribution in [-0.4, -0.2) is 28.5 Å². The molecule has 3 N–H and O–H groups in total. The molecule has 0 aromatic carbocycles. The quantitative estimate of drug-likeness (QED) is 0.610. The highest BCUT2D eigenvalue weighted by Crippen LogP contribution is 2.24. The van der Waals surface area contributed by atoms with Gasteiger partial charge in [-0.25, -0.2) is 0 Å². The lowest BCUT2D eigenvalue weighted by Crippen LogP contribution is -2.20. The second-order valence-electron chi connectivity index (χ2n) is 3.69. The molecule has 0 aliphatic carbocycles. The summed E-state index contributed by atoms with van der Waals surface area (Å²) in [5.74, 6) is 1.12. The van der Waals surface area contributed by atoms with Gasteiger partial charge < -0.3 is 11.1 Å². The van der Waals surface area contributed by atoms with Gasteiger partial charge in [0.1, 0.15) is 0 Å². The van der Waals surface area contributed by atoms with Gasteiger partial charge in [0.25, 0.3) is 0 Å². The van der Waals surface area contributed by atoms with E-state index in [0.717, 1.165) is 16.1 Å². The van der Waals surface area contributed by atoms with Gasteiger partial charge in [-0.3, -0.25) is 0 Å². The molecular weight excluding hydrogens is 228 g/mol. The van der Waals surface area contributed by atoms with Crippen LogP contribution in [0.1, 0.15) is 25.7 Å². The Morgan fingerprint density at radius 1 is 1.53 bits per heavy atom. The molecule has 0 bridgehead atoms. The maximum absolute atomic E-state index is 5.50. The van der Waals surface area contributed by atoms with Crippen LogP contribution in [0.25, 0.3) is 0 Å². The number of hydrogen-bond donors (Lipinski definition) is 2. The molecule has 0 amide bonds. The first kappa shape index (κ1) is 11.2. The Labute approximate surface area is 98.0 Å². The normalized spacial score (nSPS) is 20.9. The molecule has 2 heterocycles. The minimum Gasteiger partial charge on any atom is -0.374 e. The molecule has 1 aromatic heterocycles. The van der Waals surface area contributed by atoms with E-state index in [4.69, 9.17) is 5.73 Å². The number of aromatic nitrogens is 2. The zero-order valence-electron chi connectivity index (χ0n) is 8.61. The van der Waals surface area contributed by atoms with Crippen LogP contribution >= 0.6 is 23.1 Å². The third kappa shape index (κ3) is 3.62. The number of nitrogen functional groups attached to an aromatic ring is 1. The molecule has 0 spiro atoms. The number of hydrogen-bond acceptors (Lipinski definition) is 6. The molecule has 0 radical (unpaired) electrons. The molecule has 15 heavy (non-hydrogen) atoms. The fraction of sp³-hybridized carbons (Fsp3) is 0.778. The summed E-state index contributed by atoms with van der Waals surface area (Å²) >= 11 is 3.24. The summed E-state index contributed by atoms with van der Waals surface area (Å²) < 4.78 is 0.992. The fourth-order valence-electron chi connectivity index (χ4n) is 1.77. The summed E-state index contributed by atoms with van der Waals surface area (Å²) in [6.45, 7) is 1.20. The van der Waals surface area contributed by atoms with E-state index in [1.165, 1.54) is 43.6 Å². The summed E-state index contributed by atoms with van der Waals surface area (Å²) in [4.78, 5) is 0. The lowest BCUT2D eigenvalue weighted by Gasteiger charge is -2.08. The van der Waals surface area contributed by atoms with Crippen molar-refractivity contribution in [2.24, 2.45) is 0 Å². The Hall–Kier alpha value is -0.330. The molecule has 1 saturated heterocycles. The van der Waals surface area contributed by atoms with Gasteiger partial charge in [0.2, 0.25) is 5.13 Å². The predicted molar refractivity (Wildman–Crippen MR) is 65.3 cm³/mol. The number of anilines is 1. The SMILES string of the molecule is Nc1nnc(SCCCC2CCCN2)s1. The summed E-state index contributed by atoms with van der Waals surface area (Å²) in [6.07, 6.45) is 5.20. The van der Waals surface area contributed by atoms with Crippen molar-refractivity contribution in [1.82, 2.24) is 15.5 Å². The van der Waals surface area contributed by atoms with Gasteiger partial charge in [-0.2, -0.15) is 0 Å². The molecule has 1 aliphatic rings. The molecule has 1 atom stereocenters. The van der Waals surface area contributed by atoms with Crippen LogP contribution in [0.3, 0.4) is 0 Å². The molecule has 1 fully saturated rings. The first-order valence-electron chi connectivity index (χ1n) is 5.30. The molecule has 0 saturated carbocycles. The van der Waals surface area contributed by atoms with E-state index < -0.39 is 0 Å². The van der Waals surface area contributed by atoms with Gasteiger partial charge in [-0.1, -0.05) is 23.1 Å². The van der Waals surface area contributed by atoms with Gasteiger partial charge in [0.05, 0.1) is 0 Å². The van der Waals surface area contributed by atoms with Crippen molar-refractivity contribution in [1.29, 1.82) is 0 Å². The van der Waals surface area contributed by atoms with Gasteiger partial charge >= 0.3 is 0 Å². The second-order valence-corrected chi connectivity index (χ2v) is 6.04. The van der Waals surface area contributed by atoms with Crippen molar-refractivity contribution in [2.45, 2.75) is 36.1 Å². The van der Waals surface area contributed by atoms with Gasteiger partial charge in [0.15, 0.2) is 4.34 Å². The highest BCUT2D eigenvalue weighted by molar-refractivity contribution is 8.01. The summed E-state index contributed by atoms with van der Waals surface area (Å²) in [6, 6.07) is 0.755. The molecule has 1 unspecified atom stereocenters. The maximum atomic E-state index is 5.50. The highest BCUT2D eigenvalue weighted by atomic mass is 32.2. The fourth-order valence-corrected chi connectivity index (χ4v) is 3.44. The topological polar surface area (TPSA) is 63.8 Å². The van der Waals surface area contributed by atoms with Gasteiger partial charge in [-0.15, -0.1) is 10.2 Å². The number of thioether (sulfide) groups is 1. The van der Waals surface area contributed by atoms with Crippen molar-refractivity contribution < 1.29 is 0 Å². The average molecular weight is 244 g/mol. The lowest BCUT2D eigenvalue weighted by atomic mass is 10.1. The number of nitrogens with two attached hydrogens (primary N) is 1. The Morgan fingerprint density at radius 3 is 3.13 bits per heavy atom. The maximum Gasteiger partial charge on any atom is 0.203 e. The predicted octanol–water partition coefficient (Wildman–Crippen LogP) is 1.74. The van der Waals surface area contributed by atoms with E-state index in [0.29, 0.717) is 5.13 Å². The van der Waals surface area contributed by atoms with Crippen molar-refractivity contribution in [3.8, 4) is 0 Å². The number of nitrogens with one attached hydrogen (secondary N) is 1. The van der Waals surface area contributed by atoms with Crippen LogP contribution in [0.5, 0.6) is 0 Å². The average Bonchev–Trinajstić information content (AvgIpc) is 2.84. The molecule has 1 aliphatic heterocycles. The third-order valence-corrected chi connectivity index (χ3v) is 4.48. The smallest absolute Gasteiger partial charge is 0.203 e. The Morgan fingerprint density at radius 2 is 2.47 bits per heavy atom. The van der Waals surface area contributed by atoms with Crippen molar-refractivity contribution >= 4 is 28.2 Å². The first-order valence-corrected chi connectivity index (χ1v) is 7.10. The molecule has 84 valence electrons. The van der Waals surface area contributed by atoms with Crippen LogP contribution in [0.2, 0.25) is 0 Å². The summed E-state index contributed by atoms with van der Waals surface area (Å²) in [5.41, 5.74) is 5.50. The van der Waals surface area contributed by atoms with E-state index in [1.54, 1.807) is 11.8 Å². The third-order valence-electron chi connectivity index (χ3n) is 2.51. The Kier molecular flexibility index (Phi) is 4.22. The minimum absolute atomic E-state index is 0.565. The van der Waals surface area contributed by atoms with E-state index in [2.05, 4.69) is 15.5 Å². The monoisotopic (exact) mass is 244 g/mol. The molecule has 1 aromatic rings. The van der Waals surface area contributed by atoms with Crippen molar-refractivity contribution in [3.63, 3.8) is 0 Å². The summed E-state index contributed by atoms with van der Waals surface area (Å²) in [7, 11) is 0. The highest BCUT2D eigenvalue weighted by Gasteiger charge is 2.13. The Bertz CT molecular complexity index is 296. The molecule has 4 nitrogen and oxygen atoms in total. The van der Waals surface area contributed by atoms with E-state index in [9.17, 15) is 0 Å². The zero-order chi connectivity index (χ0) is 10.5.